The van der Waals surface area contributed by atoms with Gasteiger partial charge in [-0.3, -0.25) is 4.79 Å². The number of carbonyl (C=O) groups excluding carboxylic acids is 1. The zero-order chi connectivity index (χ0) is 22.6. The molecule has 0 bridgehead atoms. The maximum atomic E-state index is 13.2. The Labute approximate surface area is 189 Å². The van der Waals surface area contributed by atoms with Crippen molar-refractivity contribution in [1.82, 2.24) is 0 Å². The van der Waals surface area contributed by atoms with Crippen LogP contribution in [0.5, 0.6) is 5.75 Å². The van der Waals surface area contributed by atoms with Crippen LogP contribution in [0.3, 0.4) is 0 Å². The van der Waals surface area contributed by atoms with Crippen LogP contribution in [0.2, 0.25) is 0 Å². The molecule has 0 amide bonds. The van der Waals surface area contributed by atoms with Gasteiger partial charge in [0.2, 0.25) is 0 Å². The Balaban J connectivity index is 1.53. The monoisotopic (exact) mass is 427 g/mol. The number of ether oxygens (including phenoxy) is 1. The Morgan fingerprint density at radius 3 is 2.31 bits per heavy atom. The molecule has 4 nitrogen and oxygen atoms in total. The van der Waals surface area contributed by atoms with Gasteiger partial charge in [-0.2, -0.15) is 0 Å². The second-order valence-electron chi connectivity index (χ2n) is 8.40. The molecule has 32 heavy (non-hydrogen) atoms. The number of rotatable bonds is 8. The molecule has 0 saturated heterocycles. The van der Waals surface area contributed by atoms with Gasteiger partial charge in [0.15, 0.2) is 5.78 Å². The van der Waals surface area contributed by atoms with Crippen molar-refractivity contribution in [2.45, 2.75) is 24.9 Å². The van der Waals surface area contributed by atoms with E-state index in [1.165, 1.54) is 0 Å². The first-order valence-electron chi connectivity index (χ1n) is 11.0. The minimum atomic E-state index is -1.29. The van der Waals surface area contributed by atoms with Crippen LogP contribution in [0, 0.1) is 0 Å². The van der Waals surface area contributed by atoms with Gasteiger partial charge in [0, 0.05) is 30.9 Å². The van der Waals surface area contributed by atoms with Crippen molar-refractivity contribution in [3.05, 3.63) is 101 Å². The molecule has 0 heterocycles. The highest BCUT2D eigenvalue weighted by atomic mass is 16.5. The van der Waals surface area contributed by atoms with E-state index in [9.17, 15) is 9.90 Å². The van der Waals surface area contributed by atoms with Crippen LogP contribution in [0.25, 0.3) is 6.08 Å². The number of aliphatic hydroxyl groups is 1. The normalized spacial score (nSPS) is 18.6. The van der Waals surface area contributed by atoms with Crippen LogP contribution in [0.15, 0.2) is 84.4 Å². The molecule has 0 spiro atoms. The van der Waals surface area contributed by atoms with Gasteiger partial charge in [-0.25, -0.2) is 0 Å². The van der Waals surface area contributed by atoms with Crippen molar-refractivity contribution in [3.8, 4) is 5.75 Å². The lowest BCUT2D eigenvalue weighted by atomic mass is 9.86. The Hall–Kier alpha value is -3.37. The van der Waals surface area contributed by atoms with E-state index in [2.05, 4.69) is 0 Å². The van der Waals surface area contributed by atoms with Crippen LogP contribution in [0.1, 0.15) is 40.7 Å². The molecular weight excluding hydrogens is 398 g/mol. The first kappa shape index (κ1) is 21.8. The van der Waals surface area contributed by atoms with Crippen LogP contribution >= 0.6 is 0 Å². The fourth-order valence-corrected chi connectivity index (χ4v) is 4.20. The van der Waals surface area contributed by atoms with Gasteiger partial charge in [0.05, 0.1) is 6.61 Å². The third kappa shape index (κ3) is 4.46. The van der Waals surface area contributed by atoms with Crippen LogP contribution in [-0.4, -0.2) is 31.6 Å². The molecule has 1 aliphatic carbocycles. The summed E-state index contributed by atoms with van der Waals surface area (Å²) < 4.78 is 5.78. The predicted octanol–water partition coefficient (Wildman–Crippen LogP) is 5.47. The summed E-state index contributed by atoms with van der Waals surface area (Å²) in [6, 6.07) is 25.1. The molecule has 0 saturated carbocycles. The number of ketones is 1. The molecular formula is C28H29NO3. The lowest BCUT2D eigenvalue weighted by Gasteiger charge is -2.25. The predicted molar refractivity (Wildman–Crippen MR) is 129 cm³/mol. The van der Waals surface area contributed by atoms with Crippen LogP contribution < -0.4 is 9.64 Å². The molecule has 1 N–H and O–H groups in total. The smallest absolute Gasteiger partial charge is 0.192 e. The van der Waals surface area contributed by atoms with Gasteiger partial charge in [0.1, 0.15) is 11.4 Å². The first-order chi connectivity index (χ1) is 15.5. The number of anilines is 1. The molecule has 1 atom stereocenters. The molecule has 4 heteroatoms. The van der Waals surface area contributed by atoms with E-state index in [1.54, 1.807) is 6.07 Å². The highest BCUT2D eigenvalue weighted by Crippen LogP contribution is 2.45. The summed E-state index contributed by atoms with van der Waals surface area (Å²) in [6.45, 7) is 0.570. The number of nitrogens with zero attached hydrogens (tertiary/aromatic N) is 1. The van der Waals surface area contributed by atoms with Crippen molar-refractivity contribution >= 4 is 17.5 Å². The lowest BCUT2D eigenvalue weighted by Crippen LogP contribution is -2.26. The fraction of sp³-hybridized carbons (Fsp3) is 0.250. The van der Waals surface area contributed by atoms with E-state index >= 15 is 0 Å². The van der Waals surface area contributed by atoms with E-state index in [4.69, 9.17) is 4.74 Å². The molecule has 3 aromatic rings. The summed E-state index contributed by atoms with van der Waals surface area (Å²) in [7, 11) is 3.98. The van der Waals surface area contributed by atoms with Gasteiger partial charge in [-0.1, -0.05) is 54.6 Å². The summed E-state index contributed by atoms with van der Waals surface area (Å²) >= 11 is 0. The number of carbonyl (C=O) groups is 1. The third-order valence-corrected chi connectivity index (χ3v) is 5.97. The standard InChI is InChI=1S/C28H29NO3/c1-29(2)22-16-14-21(15-17-22)20-26-27(30)24-12-6-7-13-25(24)28(26,31)18-8-9-19-32-23-10-4-3-5-11-23/h3-7,10-17,20,31H,8-9,18-19H2,1-2H3. The lowest BCUT2D eigenvalue weighted by molar-refractivity contribution is 0.0646. The molecule has 0 aromatic heterocycles. The number of fused-ring (bicyclic) bond motifs is 1. The van der Waals surface area contributed by atoms with Gasteiger partial charge < -0.3 is 14.7 Å². The molecule has 1 aliphatic rings. The van der Waals surface area contributed by atoms with Gasteiger partial charge in [0.25, 0.3) is 0 Å². The summed E-state index contributed by atoms with van der Waals surface area (Å²) in [5.41, 5.74) is 2.43. The quantitative estimate of drug-likeness (QED) is 0.383. The number of Topliss-reactive ketones (excluding diaryl/α,β-unsaturated/α-hetero) is 1. The maximum absolute atomic E-state index is 13.2. The fourth-order valence-electron chi connectivity index (χ4n) is 4.20. The average molecular weight is 428 g/mol. The Bertz CT molecular complexity index is 1100. The SMILES string of the molecule is CN(C)c1ccc(C=C2C(=O)c3ccccc3C2(O)CCCCOc2ccccc2)cc1. The van der Waals surface area contributed by atoms with Gasteiger partial charge in [-0.15, -0.1) is 0 Å². The Kier molecular flexibility index (Phi) is 6.42. The van der Waals surface area contributed by atoms with Gasteiger partial charge in [-0.05, 0) is 60.7 Å². The first-order valence-corrected chi connectivity index (χ1v) is 11.0. The molecule has 0 fully saturated rings. The number of hydrogen-bond acceptors (Lipinski definition) is 4. The van der Waals surface area contributed by atoms with Crippen LogP contribution in [0.4, 0.5) is 5.69 Å². The summed E-state index contributed by atoms with van der Waals surface area (Å²) in [4.78, 5) is 15.2. The zero-order valence-electron chi connectivity index (χ0n) is 18.6. The molecule has 0 radical (unpaired) electrons. The maximum Gasteiger partial charge on any atom is 0.192 e. The molecule has 0 aliphatic heterocycles. The zero-order valence-corrected chi connectivity index (χ0v) is 18.6. The van der Waals surface area contributed by atoms with E-state index in [-0.39, 0.29) is 5.78 Å². The summed E-state index contributed by atoms with van der Waals surface area (Å²) in [6.07, 6.45) is 3.83. The van der Waals surface area contributed by atoms with Crippen molar-refractivity contribution < 1.29 is 14.6 Å². The number of unbranched alkanes of at least 4 members (excludes halogenated alkanes) is 1. The van der Waals surface area contributed by atoms with Crippen molar-refractivity contribution in [3.63, 3.8) is 0 Å². The van der Waals surface area contributed by atoms with Crippen molar-refractivity contribution in [2.75, 3.05) is 25.6 Å². The topological polar surface area (TPSA) is 49.8 Å². The minimum Gasteiger partial charge on any atom is -0.494 e. The van der Waals surface area contributed by atoms with Crippen molar-refractivity contribution in [1.29, 1.82) is 0 Å². The highest BCUT2D eigenvalue weighted by molar-refractivity contribution is 6.17. The highest BCUT2D eigenvalue weighted by Gasteiger charge is 2.45. The largest absolute Gasteiger partial charge is 0.494 e. The van der Waals surface area contributed by atoms with Gasteiger partial charge >= 0.3 is 0 Å². The third-order valence-electron chi connectivity index (χ3n) is 5.97. The number of para-hydroxylation sites is 1. The minimum absolute atomic E-state index is 0.0969. The molecule has 164 valence electrons. The number of benzene rings is 3. The van der Waals surface area contributed by atoms with E-state index in [0.29, 0.717) is 29.7 Å². The molecule has 4 rings (SSSR count). The second kappa shape index (κ2) is 9.41. The molecule has 1 unspecified atom stereocenters. The molecule has 3 aromatic carbocycles. The van der Waals surface area contributed by atoms with Crippen molar-refractivity contribution in [2.24, 2.45) is 0 Å². The van der Waals surface area contributed by atoms with E-state index < -0.39 is 5.60 Å². The number of hydrogen-bond donors (Lipinski definition) is 1. The summed E-state index contributed by atoms with van der Waals surface area (Å²) in [5.74, 6) is 0.745. The van der Waals surface area contributed by atoms with Crippen LogP contribution in [-0.2, 0) is 5.60 Å². The van der Waals surface area contributed by atoms with E-state index in [1.807, 2.05) is 97.9 Å². The summed E-state index contributed by atoms with van der Waals surface area (Å²) in [5, 5.41) is 11.8. The Morgan fingerprint density at radius 2 is 1.59 bits per heavy atom. The average Bonchev–Trinajstić information content (AvgIpc) is 3.02. The Morgan fingerprint density at radius 1 is 0.906 bits per heavy atom. The second-order valence-corrected chi connectivity index (χ2v) is 8.40. The van der Waals surface area contributed by atoms with E-state index in [0.717, 1.165) is 29.8 Å².